The quantitative estimate of drug-likeness (QED) is 0.784. The van der Waals surface area contributed by atoms with E-state index in [1.54, 1.807) is 11.8 Å². The maximum Gasteiger partial charge on any atom is 0.277 e. The molecule has 1 rings (SSSR count). The standard InChI is InChI=1S/C10H19N3OS/c1-5-7(4)8(11)9-12-13-10(14-9)15-6(2)3/h6-8H,5,11H2,1-4H3/p+1/t7-,8-/m0/s1. The van der Waals surface area contributed by atoms with Gasteiger partial charge in [0.1, 0.15) is 0 Å². The molecule has 0 aliphatic carbocycles. The van der Waals surface area contributed by atoms with Crippen molar-refractivity contribution >= 4 is 11.8 Å². The Morgan fingerprint density at radius 1 is 1.33 bits per heavy atom. The van der Waals surface area contributed by atoms with Crippen molar-refractivity contribution in [2.75, 3.05) is 0 Å². The van der Waals surface area contributed by atoms with E-state index in [-0.39, 0.29) is 6.04 Å². The van der Waals surface area contributed by atoms with Gasteiger partial charge in [-0.15, -0.1) is 10.2 Å². The highest BCUT2D eigenvalue weighted by atomic mass is 32.2. The molecule has 3 N–H and O–H groups in total. The minimum absolute atomic E-state index is 0.101. The van der Waals surface area contributed by atoms with E-state index in [0.717, 1.165) is 6.42 Å². The summed E-state index contributed by atoms with van der Waals surface area (Å²) in [7, 11) is 0. The molecule has 15 heavy (non-hydrogen) atoms. The molecular formula is C10H20N3OS+. The smallest absolute Gasteiger partial charge is 0.277 e. The van der Waals surface area contributed by atoms with E-state index < -0.39 is 0 Å². The highest BCUT2D eigenvalue weighted by Gasteiger charge is 2.23. The molecule has 0 saturated carbocycles. The lowest BCUT2D eigenvalue weighted by atomic mass is 10.0. The Hall–Kier alpha value is -0.550. The Bertz CT molecular complexity index is 301. The Morgan fingerprint density at radius 3 is 2.53 bits per heavy atom. The lowest BCUT2D eigenvalue weighted by Gasteiger charge is -2.09. The highest BCUT2D eigenvalue weighted by molar-refractivity contribution is 7.99. The van der Waals surface area contributed by atoms with Crippen molar-refractivity contribution in [3.63, 3.8) is 0 Å². The van der Waals surface area contributed by atoms with Crippen LogP contribution >= 0.6 is 11.8 Å². The molecular weight excluding hydrogens is 210 g/mol. The minimum Gasteiger partial charge on any atom is -0.410 e. The molecule has 0 saturated heterocycles. The van der Waals surface area contributed by atoms with Gasteiger partial charge in [0.05, 0.1) is 0 Å². The number of nitrogens with zero attached hydrogens (tertiary/aromatic N) is 2. The van der Waals surface area contributed by atoms with Gasteiger partial charge in [-0.05, 0) is 6.42 Å². The van der Waals surface area contributed by atoms with Crippen molar-refractivity contribution in [1.82, 2.24) is 10.2 Å². The zero-order valence-corrected chi connectivity index (χ0v) is 10.7. The fourth-order valence-corrected chi connectivity index (χ4v) is 1.77. The molecule has 0 amide bonds. The second-order valence-corrected chi connectivity index (χ2v) is 5.59. The molecule has 1 heterocycles. The highest BCUT2D eigenvalue weighted by Crippen LogP contribution is 2.25. The van der Waals surface area contributed by atoms with Gasteiger partial charge in [-0.25, -0.2) is 0 Å². The zero-order valence-electron chi connectivity index (χ0n) is 9.86. The molecule has 1 aromatic rings. The number of aromatic nitrogens is 2. The van der Waals surface area contributed by atoms with Gasteiger partial charge in [-0.3, -0.25) is 0 Å². The van der Waals surface area contributed by atoms with Crippen LogP contribution in [0.25, 0.3) is 0 Å². The molecule has 0 aromatic carbocycles. The van der Waals surface area contributed by atoms with Gasteiger partial charge in [-0.2, -0.15) is 0 Å². The lowest BCUT2D eigenvalue weighted by Crippen LogP contribution is -2.56. The van der Waals surface area contributed by atoms with Crippen molar-refractivity contribution in [1.29, 1.82) is 0 Å². The average Bonchev–Trinajstić information content (AvgIpc) is 2.63. The van der Waals surface area contributed by atoms with Crippen LogP contribution in [0.15, 0.2) is 9.64 Å². The lowest BCUT2D eigenvalue weighted by molar-refractivity contribution is -0.444. The van der Waals surface area contributed by atoms with Gasteiger partial charge in [0.15, 0.2) is 6.04 Å². The summed E-state index contributed by atoms with van der Waals surface area (Å²) < 4.78 is 5.56. The average molecular weight is 230 g/mol. The molecule has 2 atom stereocenters. The first-order valence-electron chi connectivity index (χ1n) is 5.37. The Kier molecular flexibility index (Phi) is 4.60. The van der Waals surface area contributed by atoms with Crippen LogP contribution in [0.3, 0.4) is 0 Å². The molecule has 0 unspecified atom stereocenters. The summed E-state index contributed by atoms with van der Waals surface area (Å²) in [6, 6.07) is 0.101. The van der Waals surface area contributed by atoms with Crippen molar-refractivity contribution in [2.45, 2.75) is 50.6 Å². The van der Waals surface area contributed by atoms with Gasteiger partial charge in [0, 0.05) is 11.2 Å². The summed E-state index contributed by atoms with van der Waals surface area (Å²) in [5.74, 6) is 1.13. The molecule has 0 spiro atoms. The fraction of sp³-hybridized carbons (Fsp3) is 0.800. The third-order valence-corrected chi connectivity index (χ3v) is 3.24. The number of hydrogen-bond donors (Lipinski definition) is 1. The van der Waals surface area contributed by atoms with E-state index in [9.17, 15) is 0 Å². The van der Waals surface area contributed by atoms with E-state index in [2.05, 4.69) is 43.6 Å². The molecule has 0 aliphatic heterocycles. The van der Waals surface area contributed by atoms with Crippen molar-refractivity contribution in [3.8, 4) is 0 Å². The number of quaternary nitrogens is 1. The van der Waals surface area contributed by atoms with Crippen LogP contribution in [0.2, 0.25) is 0 Å². The Balaban J connectivity index is 2.66. The number of hydrogen-bond acceptors (Lipinski definition) is 4. The van der Waals surface area contributed by atoms with Crippen LogP contribution in [0.1, 0.15) is 46.0 Å². The van der Waals surface area contributed by atoms with Gasteiger partial charge in [-0.1, -0.05) is 39.5 Å². The summed E-state index contributed by atoms with van der Waals surface area (Å²) in [5.41, 5.74) is 4.07. The zero-order chi connectivity index (χ0) is 11.4. The molecule has 0 bridgehead atoms. The first-order chi connectivity index (χ1) is 7.04. The third-order valence-electron chi connectivity index (χ3n) is 2.41. The normalized spacial score (nSPS) is 15.6. The van der Waals surface area contributed by atoms with E-state index in [0.29, 0.717) is 22.3 Å². The largest absolute Gasteiger partial charge is 0.410 e. The number of rotatable bonds is 5. The van der Waals surface area contributed by atoms with Crippen molar-refractivity contribution < 1.29 is 10.2 Å². The van der Waals surface area contributed by atoms with E-state index >= 15 is 0 Å². The summed E-state index contributed by atoms with van der Waals surface area (Å²) in [4.78, 5) is 0. The maximum atomic E-state index is 5.56. The molecule has 0 fully saturated rings. The predicted molar refractivity (Wildman–Crippen MR) is 60.4 cm³/mol. The maximum absolute atomic E-state index is 5.56. The van der Waals surface area contributed by atoms with Gasteiger partial charge in [0.2, 0.25) is 0 Å². The van der Waals surface area contributed by atoms with E-state index in [4.69, 9.17) is 4.42 Å². The topological polar surface area (TPSA) is 66.6 Å². The van der Waals surface area contributed by atoms with Crippen molar-refractivity contribution in [3.05, 3.63) is 5.89 Å². The van der Waals surface area contributed by atoms with Gasteiger partial charge >= 0.3 is 0 Å². The summed E-state index contributed by atoms with van der Waals surface area (Å²) in [6.07, 6.45) is 1.07. The predicted octanol–water partition coefficient (Wildman–Crippen LogP) is 1.90. The summed E-state index contributed by atoms with van der Waals surface area (Å²) in [6.45, 7) is 8.50. The Morgan fingerprint density at radius 2 is 2.00 bits per heavy atom. The number of thioether (sulfide) groups is 1. The summed E-state index contributed by atoms with van der Waals surface area (Å²) >= 11 is 1.59. The fourth-order valence-electron chi connectivity index (χ4n) is 1.15. The second kappa shape index (κ2) is 5.51. The summed E-state index contributed by atoms with van der Waals surface area (Å²) in [5, 5.41) is 9.15. The first-order valence-corrected chi connectivity index (χ1v) is 6.25. The van der Waals surface area contributed by atoms with Gasteiger partial charge in [0.25, 0.3) is 11.1 Å². The SMILES string of the molecule is CC[C@H](C)[C@H]([NH3+])c1nnc(SC(C)C)o1. The molecule has 0 radical (unpaired) electrons. The van der Waals surface area contributed by atoms with Gasteiger partial charge < -0.3 is 10.2 Å². The Labute approximate surface area is 95.0 Å². The van der Waals surface area contributed by atoms with Crippen LogP contribution < -0.4 is 5.73 Å². The van der Waals surface area contributed by atoms with Crippen LogP contribution in [0.5, 0.6) is 0 Å². The molecule has 4 nitrogen and oxygen atoms in total. The minimum atomic E-state index is 0.101. The molecule has 5 heteroatoms. The molecule has 0 aliphatic rings. The van der Waals surface area contributed by atoms with E-state index in [1.807, 2.05) is 0 Å². The monoisotopic (exact) mass is 230 g/mol. The third kappa shape index (κ3) is 3.50. The first kappa shape index (κ1) is 12.5. The second-order valence-electron chi connectivity index (χ2n) is 4.06. The van der Waals surface area contributed by atoms with Crippen LogP contribution in [0, 0.1) is 5.92 Å². The van der Waals surface area contributed by atoms with Crippen LogP contribution in [-0.2, 0) is 0 Å². The van der Waals surface area contributed by atoms with Crippen LogP contribution in [0.4, 0.5) is 0 Å². The van der Waals surface area contributed by atoms with E-state index in [1.165, 1.54) is 0 Å². The van der Waals surface area contributed by atoms with Crippen LogP contribution in [-0.4, -0.2) is 15.4 Å². The molecule has 86 valence electrons. The molecule has 1 aromatic heterocycles. The van der Waals surface area contributed by atoms with Crippen molar-refractivity contribution in [2.24, 2.45) is 5.92 Å².